The van der Waals surface area contributed by atoms with E-state index in [0.717, 1.165) is 54.2 Å². The van der Waals surface area contributed by atoms with Crippen molar-refractivity contribution in [3.63, 3.8) is 0 Å². The van der Waals surface area contributed by atoms with Crippen molar-refractivity contribution in [3.8, 4) is 11.3 Å². The molecule has 2 fully saturated rings. The summed E-state index contributed by atoms with van der Waals surface area (Å²) >= 11 is 0. The van der Waals surface area contributed by atoms with Crippen LogP contribution in [0.4, 0.5) is 11.6 Å². The van der Waals surface area contributed by atoms with E-state index in [0.29, 0.717) is 16.8 Å². The maximum atomic E-state index is 13.0. The van der Waals surface area contributed by atoms with Crippen LogP contribution in [0, 0.1) is 5.41 Å². The van der Waals surface area contributed by atoms with E-state index in [1.165, 1.54) is 12.8 Å². The van der Waals surface area contributed by atoms with Crippen molar-refractivity contribution in [1.82, 2.24) is 29.4 Å². The second-order valence-electron chi connectivity index (χ2n) is 9.89. The Morgan fingerprint density at radius 1 is 1.00 bits per heavy atom. The van der Waals surface area contributed by atoms with Crippen molar-refractivity contribution < 1.29 is 4.79 Å². The first-order valence-electron chi connectivity index (χ1n) is 11.9. The number of likely N-dealkylation sites (tertiary alicyclic amines) is 1. The smallest absolute Gasteiger partial charge is 0.257 e. The Labute approximate surface area is 203 Å². The second kappa shape index (κ2) is 8.42. The predicted octanol–water partition coefficient (Wildman–Crippen LogP) is 3.21. The predicted molar refractivity (Wildman–Crippen MR) is 135 cm³/mol. The SMILES string of the molecule is CN1CCC2(CC1)CN(c1cc(C(=O)Nc3cc4cc(-c5cncn5C)cnc4cn3)ccn1)C2. The molecule has 2 aliphatic heterocycles. The van der Waals surface area contributed by atoms with Crippen LogP contribution in [0.15, 0.2) is 55.4 Å². The highest BCUT2D eigenvalue weighted by Crippen LogP contribution is 2.41. The van der Waals surface area contributed by atoms with Gasteiger partial charge in [0.25, 0.3) is 5.91 Å². The van der Waals surface area contributed by atoms with Gasteiger partial charge in [-0.05, 0) is 57.2 Å². The molecule has 6 rings (SSSR count). The van der Waals surface area contributed by atoms with E-state index in [9.17, 15) is 4.79 Å². The summed E-state index contributed by atoms with van der Waals surface area (Å²) in [7, 11) is 4.13. The van der Waals surface area contributed by atoms with E-state index >= 15 is 0 Å². The van der Waals surface area contributed by atoms with Gasteiger partial charge in [-0.2, -0.15) is 0 Å². The lowest BCUT2D eigenvalue weighted by Gasteiger charge is -2.54. The fraction of sp³-hybridized carbons (Fsp3) is 0.346. The fourth-order valence-corrected chi connectivity index (χ4v) is 5.13. The highest BCUT2D eigenvalue weighted by Gasteiger charge is 2.44. The lowest BCUT2D eigenvalue weighted by molar-refractivity contribution is 0.0900. The Bertz CT molecular complexity index is 1400. The molecule has 0 atom stereocenters. The molecular formula is C26H28N8O. The summed E-state index contributed by atoms with van der Waals surface area (Å²) in [5, 5.41) is 3.83. The average molecular weight is 469 g/mol. The number of pyridine rings is 3. The molecule has 2 saturated heterocycles. The van der Waals surface area contributed by atoms with Crippen molar-refractivity contribution in [2.75, 3.05) is 43.4 Å². The number of amides is 1. The van der Waals surface area contributed by atoms with Gasteiger partial charge in [0, 0.05) is 54.5 Å². The number of nitrogens with zero attached hydrogens (tertiary/aromatic N) is 7. The molecule has 1 N–H and O–H groups in total. The molecule has 1 amide bonds. The molecule has 1 spiro atoms. The van der Waals surface area contributed by atoms with Crippen molar-refractivity contribution >= 4 is 28.4 Å². The minimum Gasteiger partial charge on any atom is -0.355 e. The number of fused-ring (bicyclic) bond motifs is 1. The van der Waals surface area contributed by atoms with Crippen LogP contribution in [0.1, 0.15) is 23.2 Å². The molecule has 4 aromatic rings. The van der Waals surface area contributed by atoms with Crippen LogP contribution in [0.5, 0.6) is 0 Å². The summed E-state index contributed by atoms with van der Waals surface area (Å²) in [4.78, 5) is 35.3. The van der Waals surface area contributed by atoms with Gasteiger partial charge in [-0.1, -0.05) is 0 Å². The summed E-state index contributed by atoms with van der Waals surface area (Å²) in [6.45, 7) is 4.33. The quantitative estimate of drug-likeness (QED) is 0.492. The number of hydrogen-bond acceptors (Lipinski definition) is 7. The minimum atomic E-state index is -0.203. The van der Waals surface area contributed by atoms with Crippen LogP contribution < -0.4 is 10.2 Å². The molecule has 0 bridgehead atoms. The number of piperidine rings is 1. The Hall–Kier alpha value is -3.85. The largest absolute Gasteiger partial charge is 0.355 e. The van der Waals surface area contributed by atoms with E-state index < -0.39 is 0 Å². The van der Waals surface area contributed by atoms with E-state index in [-0.39, 0.29) is 5.91 Å². The molecule has 6 heterocycles. The third-order valence-electron chi connectivity index (χ3n) is 7.35. The third kappa shape index (κ3) is 4.12. The average Bonchev–Trinajstić information content (AvgIpc) is 3.28. The zero-order valence-electron chi connectivity index (χ0n) is 20.0. The molecule has 178 valence electrons. The van der Waals surface area contributed by atoms with Crippen LogP contribution in [0.2, 0.25) is 0 Å². The minimum absolute atomic E-state index is 0.203. The van der Waals surface area contributed by atoms with Crippen LogP contribution in [0.25, 0.3) is 22.2 Å². The van der Waals surface area contributed by atoms with Crippen LogP contribution in [-0.4, -0.2) is 68.5 Å². The number of imidazole rings is 1. The zero-order valence-corrected chi connectivity index (χ0v) is 20.0. The molecular weight excluding hydrogens is 440 g/mol. The van der Waals surface area contributed by atoms with Gasteiger partial charge in [-0.3, -0.25) is 9.78 Å². The Morgan fingerprint density at radius 2 is 1.83 bits per heavy atom. The summed E-state index contributed by atoms with van der Waals surface area (Å²) < 4.78 is 1.94. The molecule has 0 aliphatic carbocycles. The lowest BCUT2D eigenvalue weighted by Crippen LogP contribution is -2.60. The van der Waals surface area contributed by atoms with E-state index in [2.05, 4.69) is 42.1 Å². The van der Waals surface area contributed by atoms with E-state index in [1.54, 1.807) is 31.0 Å². The molecule has 35 heavy (non-hydrogen) atoms. The number of rotatable bonds is 4. The number of aromatic nitrogens is 5. The Balaban J connectivity index is 1.17. The molecule has 9 heteroatoms. The first-order chi connectivity index (χ1) is 17.0. The maximum absolute atomic E-state index is 13.0. The first kappa shape index (κ1) is 21.7. The topological polar surface area (TPSA) is 92.1 Å². The van der Waals surface area contributed by atoms with Crippen molar-refractivity contribution in [3.05, 3.63) is 60.9 Å². The van der Waals surface area contributed by atoms with Gasteiger partial charge >= 0.3 is 0 Å². The monoisotopic (exact) mass is 468 g/mol. The summed E-state index contributed by atoms with van der Waals surface area (Å²) in [6, 6.07) is 7.50. The van der Waals surface area contributed by atoms with Gasteiger partial charge in [0.15, 0.2) is 0 Å². The Morgan fingerprint density at radius 3 is 2.60 bits per heavy atom. The van der Waals surface area contributed by atoms with Crippen molar-refractivity contribution in [1.29, 1.82) is 0 Å². The number of carbonyl (C=O) groups is 1. The van der Waals surface area contributed by atoms with Crippen molar-refractivity contribution in [2.24, 2.45) is 12.5 Å². The highest BCUT2D eigenvalue weighted by molar-refractivity contribution is 6.04. The number of nitrogens with one attached hydrogen (secondary N) is 1. The zero-order chi connectivity index (χ0) is 24.0. The molecule has 2 aliphatic rings. The molecule has 0 aromatic carbocycles. The lowest BCUT2D eigenvalue weighted by atomic mass is 9.72. The van der Waals surface area contributed by atoms with Gasteiger partial charge in [-0.25, -0.2) is 15.0 Å². The van der Waals surface area contributed by atoms with Crippen LogP contribution in [0.3, 0.4) is 0 Å². The van der Waals surface area contributed by atoms with Crippen LogP contribution >= 0.6 is 0 Å². The Kier molecular flexibility index (Phi) is 5.21. The number of carbonyl (C=O) groups excluding carboxylic acids is 1. The normalized spacial score (nSPS) is 17.5. The molecule has 0 unspecified atom stereocenters. The molecule has 9 nitrogen and oxygen atoms in total. The number of aryl methyl sites for hydroxylation is 1. The van der Waals surface area contributed by atoms with Gasteiger partial charge < -0.3 is 19.7 Å². The summed E-state index contributed by atoms with van der Waals surface area (Å²) in [5.74, 6) is 1.14. The third-order valence-corrected chi connectivity index (χ3v) is 7.35. The molecule has 0 radical (unpaired) electrons. The first-order valence-corrected chi connectivity index (χ1v) is 11.9. The molecule has 0 saturated carbocycles. The van der Waals surface area contributed by atoms with E-state index in [1.807, 2.05) is 36.0 Å². The standard InChI is InChI=1S/C26H28N8O/c1-32-7-4-26(5-8-32)15-34(16-26)24-11-18(3-6-28-24)25(35)31-23-10-19-9-20(12-29-21(19)13-30-23)22-14-27-17-33(22)2/h3,6,9-14,17H,4-5,7-8,15-16H2,1-2H3,(H,30,31,35). The summed E-state index contributed by atoms with van der Waals surface area (Å²) in [6.07, 6.45) is 11.2. The highest BCUT2D eigenvalue weighted by atomic mass is 16.1. The number of anilines is 2. The van der Waals surface area contributed by atoms with Gasteiger partial charge in [0.1, 0.15) is 11.6 Å². The number of hydrogen-bond donors (Lipinski definition) is 1. The molecule has 4 aromatic heterocycles. The van der Waals surface area contributed by atoms with Gasteiger partial charge in [-0.15, -0.1) is 0 Å². The van der Waals surface area contributed by atoms with E-state index in [4.69, 9.17) is 0 Å². The van der Waals surface area contributed by atoms with Gasteiger partial charge in [0.05, 0.1) is 29.9 Å². The summed E-state index contributed by atoms with van der Waals surface area (Å²) in [5.41, 5.74) is 3.67. The maximum Gasteiger partial charge on any atom is 0.257 e. The van der Waals surface area contributed by atoms with Crippen LogP contribution in [-0.2, 0) is 7.05 Å². The second-order valence-corrected chi connectivity index (χ2v) is 9.89. The van der Waals surface area contributed by atoms with Crippen molar-refractivity contribution in [2.45, 2.75) is 12.8 Å². The van der Waals surface area contributed by atoms with Gasteiger partial charge in [0.2, 0.25) is 0 Å². The fourth-order valence-electron chi connectivity index (χ4n) is 5.13.